The summed E-state index contributed by atoms with van der Waals surface area (Å²) in [5, 5.41) is 4.74. The number of Topliss-reactive ketones (excluding diaryl/α,β-unsaturated/α-hetero) is 1. The average molecular weight is 494 g/mol. The molecule has 0 saturated carbocycles. The first-order chi connectivity index (χ1) is 16.5. The van der Waals surface area contributed by atoms with Crippen LogP contribution in [0, 0.1) is 13.8 Å². The summed E-state index contributed by atoms with van der Waals surface area (Å²) in [6.45, 7) is 4.87. The van der Waals surface area contributed by atoms with Crippen LogP contribution in [0.4, 0.5) is 4.79 Å². The molecule has 2 unspecified atom stereocenters. The number of aryl methyl sites for hydroxylation is 1. The summed E-state index contributed by atoms with van der Waals surface area (Å²) in [5.41, 5.74) is 1.19. The average Bonchev–Trinajstić information content (AvgIpc) is 3.39. The highest BCUT2D eigenvalue weighted by molar-refractivity contribution is 7.91. The van der Waals surface area contributed by atoms with Gasteiger partial charge in [0.05, 0.1) is 18.1 Å². The number of ketones is 1. The minimum absolute atomic E-state index is 0.0497. The number of imide groups is 1. The molecule has 2 aliphatic heterocycles. The lowest BCUT2D eigenvalue weighted by Crippen LogP contribution is -2.41. The fourth-order valence-corrected chi connectivity index (χ4v) is 7.07. The molecular formula is C26H27N3O5S. The number of benzene rings is 2. The standard InChI is InChI=1S/C26H27N3O5S/c1-16-12-22(17(2)29(16)21-10-11-35(33,34)15-21)23(30)14-28-24(31)26(3,27-25(28)32)20-9-8-18-6-4-5-7-19(18)13-20/h4-9,12-13,21H,10-11,14-15H2,1-3H3,(H,27,32). The van der Waals surface area contributed by atoms with E-state index in [1.807, 2.05) is 54.0 Å². The summed E-state index contributed by atoms with van der Waals surface area (Å²) in [5.74, 6) is -0.666. The first kappa shape index (κ1) is 23.3. The van der Waals surface area contributed by atoms with Crippen molar-refractivity contribution in [1.82, 2.24) is 14.8 Å². The molecule has 2 aromatic carbocycles. The molecule has 2 saturated heterocycles. The third-order valence-electron chi connectivity index (χ3n) is 7.26. The second kappa shape index (κ2) is 8.05. The second-order valence-corrected chi connectivity index (χ2v) is 11.9. The number of carbonyl (C=O) groups is 3. The van der Waals surface area contributed by atoms with Gasteiger partial charge < -0.3 is 9.88 Å². The van der Waals surface area contributed by atoms with Gasteiger partial charge >= 0.3 is 6.03 Å². The summed E-state index contributed by atoms with van der Waals surface area (Å²) in [4.78, 5) is 40.4. The van der Waals surface area contributed by atoms with Crippen molar-refractivity contribution in [2.45, 2.75) is 38.8 Å². The van der Waals surface area contributed by atoms with Crippen LogP contribution in [-0.4, -0.2) is 53.7 Å². The molecule has 0 spiro atoms. The molecule has 182 valence electrons. The molecule has 1 aromatic heterocycles. The summed E-state index contributed by atoms with van der Waals surface area (Å²) in [6.07, 6.45) is 0.503. The maximum Gasteiger partial charge on any atom is 0.325 e. The number of amides is 3. The minimum Gasteiger partial charge on any atom is -0.344 e. The minimum atomic E-state index is -3.09. The third kappa shape index (κ3) is 3.83. The van der Waals surface area contributed by atoms with E-state index in [4.69, 9.17) is 0 Å². The van der Waals surface area contributed by atoms with Gasteiger partial charge in [0, 0.05) is 23.0 Å². The predicted octanol–water partition coefficient (Wildman–Crippen LogP) is 3.27. The highest BCUT2D eigenvalue weighted by Crippen LogP contribution is 2.32. The molecule has 9 heteroatoms. The fraction of sp³-hybridized carbons (Fsp3) is 0.346. The number of nitrogens with one attached hydrogen (secondary N) is 1. The van der Waals surface area contributed by atoms with Gasteiger partial charge in [-0.1, -0.05) is 36.4 Å². The number of urea groups is 1. The van der Waals surface area contributed by atoms with Crippen molar-refractivity contribution in [2.24, 2.45) is 0 Å². The first-order valence-corrected chi connectivity index (χ1v) is 13.4. The van der Waals surface area contributed by atoms with Crippen molar-refractivity contribution in [3.63, 3.8) is 0 Å². The summed E-state index contributed by atoms with van der Waals surface area (Å²) >= 11 is 0. The van der Waals surface area contributed by atoms with E-state index >= 15 is 0 Å². The van der Waals surface area contributed by atoms with E-state index < -0.39 is 27.3 Å². The van der Waals surface area contributed by atoms with Crippen LogP contribution in [0.25, 0.3) is 10.8 Å². The smallest absolute Gasteiger partial charge is 0.325 e. The molecule has 3 heterocycles. The Morgan fingerprint density at radius 3 is 2.49 bits per heavy atom. The lowest BCUT2D eigenvalue weighted by Gasteiger charge is -2.22. The third-order valence-corrected chi connectivity index (χ3v) is 9.01. The summed E-state index contributed by atoms with van der Waals surface area (Å²) in [6, 6.07) is 14.2. The Labute approximate surface area is 203 Å². The maximum atomic E-state index is 13.4. The van der Waals surface area contributed by atoms with Crippen molar-refractivity contribution in [2.75, 3.05) is 18.1 Å². The lowest BCUT2D eigenvalue weighted by atomic mass is 9.90. The van der Waals surface area contributed by atoms with E-state index in [1.165, 1.54) is 0 Å². The Morgan fingerprint density at radius 1 is 1.09 bits per heavy atom. The molecule has 35 heavy (non-hydrogen) atoms. The van der Waals surface area contributed by atoms with Crippen LogP contribution in [0.3, 0.4) is 0 Å². The Hall–Kier alpha value is -3.46. The van der Waals surface area contributed by atoms with Crippen LogP contribution in [0.1, 0.15) is 46.7 Å². The maximum absolute atomic E-state index is 13.4. The van der Waals surface area contributed by atoms with Crippen molar-refractivity contribution in [3.8, 4) is 0 Å². The molecular weight excluding hydrogens is 466 g/mol. The van der Waals surface area contributed by atoms with Gasteiger partial charge in [0.1, 0.15) is 5.54 Å². The Bertz CT molecular complexity index is 1510. The molecule has 1 N–H and O–H groups in total. The molecule has 0 bridgehead atoms. The van der Waals surface area contributed by atoms with Gasteiger partial charge in [-0.25, -0.2) is 13.2 Å². The van der Waals surface area contributed by atoms with Crippen LogP contribution < -0.4 is 5.32 Å². The lowest BCUT2D eigenvalue weighted by molar-refractivity contribution is -0.130. The van der Waals surface area contributed by atoms with Gasteiger partial charge in [0.15, 0.2) is 15.6 Å². The zero-order valence-corrected chi connectivity index (χ0v) is 20.7. The van der Waals surface area contributed by atoms with Crippen molar-refractivity contribution < 1.29 is 22.8 Å². The molecule has 3 amide bonds. The monoisotopic (exact) mass is 493 g/mol. The van der Waals surface area contributed by atoms with E-state index in [-0.39, 0.29) is 29.9 Å². The molecule has 2 atom stereocenters. The van der Waals surface area contributed by atoms with E-state index in [2.05, 4.69) is 5.32 Å². The van der Waals surface area contributed by atoms with Crippen LogP contribution in [0.15, 0.2) is 48.5 Å². The predicted molar refractivity (Wildman–Crippen MR) is 132 cm³/mol. The number of aromatic nitrogens is 1. The van der Waals surface area contributed by atoms with Crippen LogP contribution in [-0.2, 0) is 20.2 Å². The van der Waals surface area contributed by atoms with Crippen LogP contribution >= 0.6 is 0 Å². The number of hydrogen-bond donors (Lipinski definition) is 1. The van der Waals surface area contributed by atoms with Crippen molar-refractivity contribution >= 4 is 38.3 Å². The number of sulfone groups is 1. The SMILES string of the molecule is Cc1cc(C(=O)CN2C(=O)NC(C)(c3ccc4ccccc4c3)C2=O)c(C)n1C1CCS(=O)(=O)C1. The van der Waals surface area contributed by atoms with Gasteiger partial charge in [-0.2, -0.15) is 0 Å². The van der Waals surface area contributed by atoms with Crippen LogP contribution in [0.2, 0.25) is 0 Å². The number of hydrogen-bond acceptors (Lipinski definition) is 5. The number of rotatable bonds is 5. The molecule has 0 radical (unpaired) electrons. The Morgan fingerprint density at radius 2 is 1.80 bits per heavy atom. The number of nitrogens with zero attached hydrogens (tertiary/aromatic N) is 2. The number of fused-ring (bicyclic) bond motifs is 1. The van der Waals surface area contributed by atoms with Gasteiger partial charge in [-0.05, 0) is 55.7 Å². The normalized spacial score (nSPS) is 23.7. The topological polar surface area (TPSA) is 106 Å². The van der Waals surface area contributed by atoms with Gasteiger partial charge in [-0.3, -0.25) is 14.5 Å². The van der Waals surface area contributed by atoms with E-state index in [0.29, 0.717) is 23.2 Å². The molecule has 8 nitrogen and oxygen atoms in total. The van der Waals surface area contributed by atoms with Crippen molar-refractivity contribution in [3.05, 3.63) is 71.0 Å². The highest BCUT2D eigenvalue weighted by atomic mass is 32.2. The molecule has 3 aromatic rings. The zero-order chi connectivity index (χ0) is 25.1. The van der Waals surface area contributed by atoms with E-state index in [1.54, 1.807) is 19.9 Å². The van der Waals surface area contributed by atoms with Gasteiger partial charge in [0.2, 0.25) is 0 Å². The van der Waals surface area contributed by atoms with E-state index in [0.717, 1.165) is 21.4 Å². The van der Waals surface area contributed by atoms with Crippen molar-refractivity contribution in [1.29, 1.82) is 0 Å². The van der Waals surface area contributed by atoms with Crippen LogP contribution in [0.5, 0.6) is 0 Å². The largest absolute Gasteiger partial charge is 0.344 e. The number of carbonyl (C=O) groups excluding carboxylic acids is 3. The summed E-state index contributed by atoms with van der Waals surface area (Å²) < 4.78 is 25.8. The summed E-state index contributed by atoms with van der Waals surface area (Å²) in [7, 11) is -3.09. The molecule has 5 rings (SSSR count). The Kier molecular flexibility index (Phi) is 5.36. The molecule has 2 fully saturated rings. The fourth-order valence-electron chi connectivity index (χ4n) is 5.37. The highest BCUT2D eigenvalue weighted by Gasteiger charge is 2.49. The second-order valence-electron chi connectivity index (χ2n) is 9.64. The molecule has 2 aliphatic rings. The van der Waals surface area contributed by atoms with Gasteiger partial charge in [0.25, 0.3) is 5.91 Å². The Balaban J connectivity index is 1.40. The molecule has 0 aliphatic carbocycles. The van der Waals surface area contributed by atoms with E-state index in [9.17, 15) is 22.8 Å². The quantitative estimate of drug-likeness (QED) is 0.434. The first-order valence-electron chi connectivity index (χ1n) is 11.6. The van der Waals surface area contributed by atoms with Gasteiger partial charge in [-0.15, -0.1) is 0 Å². The zero-order valence-electron chi connectivity index (χ0n) is 19.9.